The Bertz CT molecular complexity index is 214. The summed E-state index contributed by atoms with van der Waals surface area (Å²) >= 11 is 0. The van der Waals surface area contributed by atoms with E-state index in [1.54, 1.807) is 6.42 Å². The predicted molar refractivity (Wildman–Crippen MR) is 50.8 cm³/mol. The van der Waals surface area contributed by atoms with Crippen molar-refractivity contribution in [1.82, 2.24) is 0 Å². The highest BCUT2D eigenvalue weighted by Crippen LogP contribution is 2.82. The van der Waals surface area contributed by atoms with Crippen molar-refractivity contribution < 1.29 is 0 Å². The van der Waals surface area contributed by atoms with Crippen LogP contribution in [-0.2, 0) is 0 Å². The van der Waals surface area contributed by atoms with E-state index in [4.69, 9.17) is 0 Å². The SMILES string of the molecule is CC1CCC1C(C)C1C2CC21C. The van der Waals surface area contributed by atoms with Crippen molar-refractivity contribution in [1.29, 1.82) is 0 Å². The Morgan fingerprint density at radius 1 is 1.33 bits per heavy atom. The Kier molecular flexibility index (Phi) is 1.18. The van der Waals surface area contributed by atoms with Gasteiger partial charge in [-0.05, 0) is 47.8 Å². The Balaban J connectivity index is 1.64. The second-order valence-corrected chi connectivity index (χ2v) is 5.92. The molecule has 0 heteroatoms. The van der Waals surface area contributed by atoms with Crippen LogP contribution in [0.1, 0.15) is 40.0 Å². The Hall–Kier alpha value is 0. The van der Waals surface area contributed by atoms with Gasteiger partial charge in [-0.25, -0.2) is 0 Å². The average molecular weight is 164 g/mol. The third-order valence-corrected chi connectivity index (χ3v) is 5.36. The third-order valence-electron chi connectivity index (χ3n) is 5.36. The van der Waals surface area contributed by atoms with Gasteiger partial charge in [0.1, 0.15) is 0 Å². The molecule has 0 radical (unpaired) electrons. The van der Waals surface area contributed by atoms with E-state index in [0.717, 1.165) is 29.1 Å². The zero-order valence-corrected chi connectivity index (χ0v) is 8.51. The van der Waals surface area contributed by atoms with Crippen LogP contribution in [0.4, 0.5) is 0 Å². The Labute approximate surface area is 75.7 Å². The van der Waals surface area contributed by atoms with Crippen molar-refractivity contribution in [3.8, 4) is 0 Å². The van der Waals surface area contributed by atoms with Gasteiger partial charge in [0.2, 0.25) is 0 Å². The maximum Gasteiger partial charge on any atom is -0.0258 e. The van der Waals surface area contributed by atoms with Gasteiger partial charge in [0.05, 0.1) is 0 Å². The van der Waals surface area contributed by atoms with Crippen LogP contribution >= 0.6 is 0 Å². The molecule has 6 atom stereocenters. The summed E-state index contributed by atoms with van der Waals surface area (Å²) in [5.41, 5.74) is 0.856. The van der Waals surface area contributed by atoms with Crippen molar-refractivity contribution in [3.05, 3.63) is 0 Å². The monoisotopic (exact) mass is 164 g/mol. The fourth-order valence-electron chi connectivity index (χ4n) is 3.92. The molecule has 3 aliphatic rings. The summed E-state index contributed by atoms with van der Waals surface area (Å²) in [6.45, 7) is 7.46. The summed E-state index contributed by atoms with van der Waals surface area (Å²) in [6, 6.07) is 0. The Morgan fingerprint density at radius 2 is 2.00 bits per heavy atom. The lowest BCUT2D eigenvalue weighted by Crippen LogP contribution is -2.32. The predicted octanol–water partition coefficient (Wildman–Crippen LogP) is 3.32. The molecule has 0 aliphatic heterocycles. The largest absolute Gasteiger partial charge is 0.0622 e. The molecule has 3 aliphatic carbocycles. The fourth-order valence-corrected chi connectivity index (χ4v) is 3.92. The minimum atomic E-state index is 0.856. The summed E-state index contributed by atoms with van der Waals surface area (Å²) in [5.74, 6) is 5.51. The topological polar surface area (TPSA) is 0 Å². The van der Waals surface area contributed by atoms with Crippen molar-refractivity contribution in [2.75, 3.05) is 0 Å². The molecule has 0 aromatic rings. The van der Waals surface area contributed by atoms with Gasteiger partial charge in [0, 0.05) is 0 Å². The van der Waals surface area contributed by atoms with Crippen molar-refractivity contribution in [3.63, 3.8) is 0 Å². The molecule has 0 N–H and O–H groups in total. The maximum atomic E-state index is 2.52. The first-order valence-corrected chi connectivity index (χ1v) is 5.64. The molecular weight excluding hydrogens is 144 g/mol. The summed E-state index contributed by atoms with van der Waals surface area (Å²) in [5, 5.41) is 0. The normalized spacial score (nSPS) is 63.2. The van der Waals surface area contributed by atoms with Gasteiger partial charge in [0.25, 0.3) is 0 Å². The highest BCUT2D eigenvalue weighted by Gasteiger charge is 2.76. The molecule has 0 saturated heterocycles. The zero-order chi connectivity index (χ0) is 8.51. The van der Waals surface area contributed by atoms with E-state index in [2.05, 4.69) is 20.8 Å². The molecule has 68 valence electrons. The van der Waals surface area contributed by atoms with E-state index in [0.29, 0.717) is 0 Å². The van der Waals surface area contributed by atoms with E-state index in [1.807, 2.05) is 0 Å². The van der Waals surface area contributed by atoms with Gasteiger partial charge in [-0.15, -0.1) is 0 Å². The first kappa shape index (κ1) is 7.41. The van der Waals surface area contributed by atoms with Crippen molar-refractivity contribution in [2.45, 2.75) is 40.0 Å². The number of rotatable bonds is 2. The van der Waals surface area contributed by atoms with Gasteiger partial charge >= 0.3 is 0 Å². The second kappa shape index (κ2) is 1.91. The summed E-state index contributed by atoms with van der Waals surface area (Å²) in [7, 11) is 0. The molecule has 3 fully saturated rings. The van der Waals surface area contributed by atoms with Gasteiger partial charge < -0.3 is 0 Å². The van der Waals surface area contributed by atoms with E-state index < -0.39 is 0 Å². The van der Waals surface area contributed by atoms with Crippen molar-refractivity contribution >= 4 is 0 Å². The average Bonchev–Trinajstić information content (AvgIpc) is 2.73. The summed E-state index contributed by atoms with van der Waals surface area (Å²) in [6.07, 6.45) is 4.59. The molecule has 0 amide bonds. The molecule has 0 aromatic heterocycles. The molecule has 3 rings (SSSR count). The molecule has 0 bridgehead atoms. The highest BCUT2D eigenvalue weighted by atomic mass is 14.8. The van der Waals surface area contributed by atoms with E-state index >= 15 is 0 Å². The molecule has 0 nitrogen and oxygen atoms in total. The Morgan fingerprint density at radius 3 is 2.25 bits per heavy atom. The van der Waals surface area contributed by atoms with Crippen LogP contribution in [-0.4, -0.2) is 0 Å². The van der Waals surface area contributed by atoms with E-state index in [-0.39, 0.29) is 0 Å². The van der Waals surface area contributed by atoms with E-state index in [1.165, 1.54) is 18.8 Å². The third kappa shape index (κ3) is 0.701. The summed E-state index contributed by atoms with van der Waals surface area (Å²) < 4.78 is 0. The lowest BCUT2D eigenvalue weighted by atomic mass is 9.65. The lowest BCUT2D eigenvalue weighted by molar-refractivity contribution is 0.0961. The van der Waals surface area contributed by atoms with Crippen LogP contribution in [0, 0.1) is 35.0 Å². The first-order valence-electron chi connectivity index (χ1n) is 5.64. The zero-order valence-electron chi connectivity index (χ0n) is 8.51. The van der Waals surface area contributed by atoms with Crippen molar-refractivity contribution in [2.24, 2.45) is 35.0 Å². The molecule has 3 saturated carbocycles. The van der Waals surface area contributed by atoms with Crippen LogP contribution < -0.4 is 0 Å². The van der Waals surface area contributed by atoms with Gasteiger partial charge in [-0.2, -0.15) is 0 Å². The van der Waals surface area contributed by atoms with Crippen LogP contribution in [0.5, 0.6) is 0 Å². The number of hydrogen-bond acceptors (Lipinski definition) is 0. The molecule has 12 heavy (non-hydrogen) atoms. The molecule has 0 aromatic carbocycles. The number of hydrogen-bond donors (Lipinski definition) is 0. The molecule has 0 heterocycles. The van der Waals surface area contributed by atoms with Crippen LogP contribution in [0.2, 0.25) is 0 Å². The quantitative estimate of drug-likeness (QED) is 0.587. The highest BCUT2D eigenvalue weighted by molar-refractivity contribution is 5.24. The first-order chi connectivity index (χ1) is 5.64. The van der Waals surface area contributed by atoms with Gasteiger partial charge in [0.15, 0.2) is 0 Å². The second-order valence-electron chi connectivity index (χ2n) is 5.92. The standard InChI is InChI=1S/C12H20/c1-7-4-5-9(7)8(2)11-10-6-12(10,11)3/h7-11H,4-6H2,1-3H3. The smallest absolute Gasteiger partial charge is 0.0258 e. The van der Waals surface area contributed by atoms with Crippen LogP contribution in [0.3, 0.4) is 0 Å². The van der Waals surface area contributed by atoms with Gasteiger partial charge in [-0.1, -0.05) is 27.2 Å². The minimum Gasteiger partial charge on any atom is -0.0622 e. The van der Waals surface area contributed by atoms with Crippen LogP contribution in [0.15, 0.2) is 0 Å². The van der Waals surface area contributed by atoms with E-state index in [9.17, 15) is 0 Å². The van der Waals surface area contributed by atoms with Gasteiger partial charge in [-0.3, -0.25) is 0 Å². The maximum absolute atomic E-state index is 2.52. The van der Waals surface area contributed by atoms with Crippen LogP contribution in [0.25, 0.3) is 0 Å². The summed E-state index contributed by atoms with van der Waals surface area (Å²) in [4.78, 5) is 0. The lowest BCUT2D eigenvalue weighted by Gasteiger charge is -2.40. The minimum absolute atomic E-state index is 0.856. The fraction of sp³-hybridized carbons (Fsp3) is 1.00. The number of fused-ring (bicyclic) bond motifs is 1. The molecule has 0 spiro atoms. The molecule has 6 unspecified atom stereocenters. The molecular formula is C12H20.